The molecule has 1 aromatic heterocycles. The normalized spacial score (nSPS) is 15.2. The van der Waals surface area contributed by atoms with Gasteiger partial charge in [-0.3, -0.25) is 19.3 Å². The number of pyridine rings is 1. The zero-order valence-corrected chi connectivity index (χ0v) is 27.8. The summed E-state index contributed by atoms with van der Waals surface area (Å²) >= 11 is 6.39. The third-order valence-electron chi connectivity index (χ3n) is 8.89. The number of ether oxygens (including phenoxy) is 1. The number of hydrogen-bond acceptors (Lipinski definition) is 5. The highest BCUT2D eigenvalue weighted by atomic mass is 35.5. The molecule has 242 valence electrons. The van der Waals surface area contributed by atoms with Gasteiger partial charge in [0.15, 0.2) is 5.78 Å². The number of benzene rings is 2. The summed E-state index contributed by atoms with van der Waals surface area (Å²) in [5.41, 5.74) is 5.10. The van der Waals surface area contributed by atoms with Crippen LogP contribution in [0.5, 0.6) is 0 Å². The van der Waals surface area contributed by atoms with Crippen molar-refractivity contribution < 1.29 is 23.8 Å². The molecule has 1 unspecified atom stereocenters. The smallest absolute Gasteiger partial charge is 0.303 e. The highest BCUT2D eigenvalue weighted by Crippen LogP contribution is 2.38. The Morgan fingerprint density at radius 1 is 1.07 bits per heavy atom. The number of carbonyl (C=O) groups excluding carboxylic acids is 1. The van der Waals surface area contributed by atoms with Crippen LogP contribution in [0.4, 0.5) is 4.39 Å². The number of nitrogens with zero attached hydrogens (tertiary/aromatic N) is 2. The van der Waals surface area contributed by atoms with Crippen molar-refractivity contribution in [3.63, 3.8) is 0 Å². The third kappa shape index (κ3) is 8.29. The van der Waals surface area contributed by atoms with Crippen molar-refractivity contribution in [3.05, 3.63) is 91.6 Å². The topological polar surface area (TPSA) is 88.8 Å². The molecular formula is C36H44ClFN2O5. The Morgan fingerprint density at radius 3 is 2.33 bits per heavy atom. The first-order valence-electron chi connectivity index (χ1n) is 15.6. The summed E-state index contributed by atoms with van der Waals surface area (Å²) in [7, 11) is 1.71. The maximum atomic E-state index is 15.7. The largest absolute Gasteiger partial charge is 0.481 e. The average Bonchev–Trinajstić information content (AvgIpc) is 2.93. The fraction of sp³-hybridized carbons (Fsp3) is 0.472. The van der Waals surface area contributed by atoms with E-state index >= 15 is 4.39 Å². The number of halogens is 2. The van der Waals surface area contributed by atoms with Crippen molar-refractivity contribution in [1.82, 2.24) is 9.47 Å². The van der Waals surface area contributed by atoms with E-state index in [2.05, 4.69) is 4.90 Å². The van der Waals surface area contributed by atoms with Crippen LogP contribution in [0.3, 0.4) is 0 Å². The first kappa shape index (κ1) is 34.5. The highest BCUT2D eigenvalue weighted by Gasteiger charge is 2.31. The van der Waals surface area contributed by atoms with Gasteiger partial charge in [0.05, 0.1) is 23.6 Å². The maximum Gasteiger partial charge on any atom is 0.303 e. The van der Waals surface area contributed by atoms with Crippen LogP contribution in [0.2, 0.25) is 5.02 Å². The maximum absolute atomic E-state index is 15.7. The first-order chi connectivity index (χ1) is 21.3. The Kier molecular flexibility index (Phi) is 11.4. The Morgan fingerprint density at radius 2 is 1.73 bits per heavy atom. The van der Waals surface area contributed by atoms with E-state index in [1.165, 1.54) is 4.57 Å². The van der Waals surface area contributed by atoms with Gasteiger partial charge in [0.1, 0.15) is 5.82 Å². The van der Waals surface area contributed by atoms with Crippen LogP contribution >= 0.6 is 11.6 Å². The quantitative estimate of drug-likeness (QED) is 0.206. The standard InChI is InChI=1S/C36H44ClFN2O5/c1-21(2)12-31(40-18-25(24(5)13-33(40)42)10-11-39-19-28(20-39)45-6)32(41)16-26(17-34(43)44)29-14-27(15-30(37)36(29)38)35-22(3)8-7-9-23(35)4/h7-9,13-15,18,21,26,28,31H,10-12,16-17,19-20H2,1-6H3,(H,43,44)/t26-,31?/m0/s1. The Bertz CT molecular complexity index is 1590. The number of carboxylic acids is 1. The zero-order chi connectivity index (χ0) is 33.0. The fourth-order valence-electron chi connectivity index (χ4n) is 6.37. The average molecular weight is 639 g/mol. The molecule has 1 fully saturated rings. The fourth-order valence-corrected chi connectivity index (χ4v) is 6.60. The Balaban J connectivity index is 1.69. The number of ketones is 1. The van der Waals surface area contributed by atoms with Crippen molar-refractivity contribution in [2.45, 2.75) is 78.4 Å². The van der Waals surface area contributed by atoms with E-state index < -0.39 is 30.2 Å². The van der Waals surface area contributed by atoms with Crippen molar-refractivity contribution in [2.24, 2.45) is 5.92 Å². The van der Waals surface area contributed by atoms with Crippen LogP contribution in [0, 0.1) is 32.5 Å². The summed E-state index contributed by atoms with van der Waals surface area (Å²) in [6.07, 6.45) is 2.40. The van der Waals surface area contributed by atoms with E-state index in [1.54, 1.807) is 31.5 Å². The summed E-state index contributed by atoms with van der Waals surface area (Å²) in [5.74, 6) is -3.11. The predicted molar refractivity (Wildman–Crippen MR) is 176 cm³/mol. The van der Waals surface area contributed by atoms with Crippen LogP contribution < -0.4 is 5.56 Å². The number of hydrogen-bond donors (Lipinski definition) is 1. The molecular weight excluding hydrogens is 595 g/mol. The lowest BCUT2D eigenvalue weighted by Crippen LogP contribution is -2.52. The summed E-state index contributed by atoms with van der Waals surface area (Å²) in [6, 6.07) is 9.72. The monoisotopic (exact) mass is 638 g/mol. The molecule has 0 spiro atoms. The molecule has 0 radical (unpaired) electrons. The lowest BCUT2D eigenvalue weighted by molar-refractivity contribution is -0.137. The van der Waals surface area contributed by atoms with Gasteiger partial charge >= 0.3 is 5.97 Å². The second-order valence-electron chi connectivity index (χ2n) is 12.8. The Hall–Kier alpha value is -3.33. The van der Waals surface area contributed by atoms with Crippen molar-refractivity contribution in [2.75, 3.05) is 26.7 Å². The van der Waals surface area contributed by atoms with Crippen molar-refractivity contribution >= 4 is 23.4 Å². The molecule has 1 N–H and O–H groups in total. The first-order valence-corrected chi connectivity index (χ1v) is 15.9. The van der Waals surface area contributed by atoms with Gasteiger partial charge in [0.25, 0.3) is 5.56 Å². The van der Waals surface area contributed by atoms with E-state index in [4.69, 9.17) is 16.3 Å². The van der Waals surface area contributed by atoms with Gasteiger partial charge in [-0.1, -0.05) is 43.6 Å². The van der Waals surface area contributed by atoms with Gasteiger partial charge in [-0.15, -0.1) is 0 Å². The lowest BCUT2D eigenvalue weighted by atomic mass is 9.84. The SMILES string of the molecule is COC1CN(CCc2cn(C(CC(C)C)C(=O)C[C@@H](CC(=O)O)c3cc(-c4c(C)cccc4C)cc(Cl)c3F)c(=O)cc2C)C1. The molecule has 4 rings (SSSR count). The molecule has 1 aliphatic rings. The number of carbonyl (C=O) groups is 2. The summed E-state index contributed by atoms with van der Waals surface area (Å²) in [5, 5.41) is 9.70. The van der Waals surface area contributed by atoms with Crippen LogP contribution in [0.25, 0.3) is 11.1 Å². The second kappa shape index (κ2) is 14.8. The summed E-state index contributed by atoms with van der Waals surface area (Å²) < 4.78 is 22.5. The van der Waals surface area contributed by atoms with E-state index in [9.17, 15) is 19.5 Å². The molecule has 3 aromatic rings. The van der Waals surface area contributed by atoms with Gasteiger partial charge in [0, 0.05) is 51.3 Å². The predicted octanol–water partition coefficient (Wildman–Crippen LogP) is 6.91. The van der Waals surface area contributed by atoms with Gasteiger partial charge in [-0.25, -0.2) is 4.39 Å². The number of likely N-dealkylation sites (tertiary alicyclic amines) is 1. The molecule has 7 nitrogen and oxygen atoms in total. The zero-order valence-electron chi connectivity index (χ0n) is 27.0. The molecule has 0 bridgehead atoms. The van der Waals surface area contributed by atoms with Gasteiger partial charge < -0.3 is 14.4 Å². The van der Waals surface area contributed by atoms with E-state index in [0.29, 0.717) is 18.4 Å². The van der Waals surface area contributed by atoms with Crippen molar-refractivity contribution in [1.29, 1.82) is 0 Å². The number of carboxylic acid groups (broad SMARTS) is 1. The van der Waals surface area contributed by atoms with E-state index in [1.807, 2.05) is 52.8 Å². The number of Topliss-reactive ketones (excluding diaryl/α,β-unsaturated/α-hetero) is 1. The Labute approximate surface area is 270 Å². The molecule has 1 aliphatic heterocycles. The van der Waals surface area contributed by atoms with Gasteiger partial charge in [0.2, 0.25) is 0 Å². The number of rotatable bonds is 14. The molecule has 9 heteroatoms. The highest BCUT2D eigenvalue weighted by molar-refractivity contribution is 6.31. The molecule has 45 heavy (non-hydrogen) atoms. The molecule has 0 amide bonds. The van der Waals surface area contributed by atoms with Crippen LogP contribution in [0.1, 0.15) is 72.9 Å². The van der Waals surface area contributed by atoms with Gasteiger partial charge in [-0.2, -0.15) is 0 Å². The molecule has 2 heterocycles. The van der Waals surface area contributed by atoms with Gasteiger partial charge in [-0.05, 0) is 90.6 Å². The van der Waals surface area contributed by atoms with Crippen LogP contribution in [0.15, 0.2) is 47.4 Å². The minimum atomic E-state index is -1.15. The van der Waals surface area contributed by atoms with Crippen LogP contribution in [-0.4, -0.2) is 59.2 Å². The van der Waals surface area contributed by atoms with Crippen molar-refractivity contribution in [3.8, 4) is 11.1 Å². The molecule has 2 aromatic carbocycles. The number of methoxy groups -OCH3 is 1. The molecule has 0 aliphatic carbocycles. The summed E-state index contributed by atoms with van der Waals surface area (Å²) in [6.45, 7) is 12.3. The molecule has 2 atom stereocenters. The molecule has 1 saturated heterocycles. The third-order valence-corrected chi connectivity index (χ3v) is 9.16. The van der Waals surface area contributed by atoms with E-state index in [-0.39, 0.29) is 40.4 Å². The van der Waals surface area contributed by atoms with E-state index in [0.717, 1.165) is 47.5 Å². The second-order valence-corrected chi connectivity index (χ2v) is 13.2. The summed E-state index contributed by atoms with van der Waals surface area (Å²) in [4.78, 5) is 41.7. The minimum Gasteiger partial charge on any atom is -0.481 e. The number of aryl methyl sites for hydroxylation is 3. The lowest BCUT2D eigenvalue weighted by Gasteiger charge is -2.38. The molecule has 0 saturated carbocycles. The minimum absolute atomic E-state index is 0.0686. The number of aliphatic carboxylic acids is 1. The number of aromatic nitrogens is 1. The van der Waals surface area contributed by atoms with Crippen LogP contribution in [-0.2, 0) is 20.7 Å².